The van der Waals surface area contributed by atoms with Crippen molar-refractivity contribution in [3.8, 4) is 0 Å². The van der Waals surface area contributed by atoms with Gasteiger partial charge < -0.3 is 24.8 Å². The molecular formula is C28H23Cl2Zr. The largest absolute Gasteiger partial charge is 3.00 e. The second-order valence-electron chi connectivity index (χ2n) is 7.83. The summed E-state index contributed by atoms with van der Waals surface area (Å²) in [7, 11) is 0. The Morgan fingerprint density at radius 1 is 0.839 bits per heavy atom. The average molecular weight is 522 g/mol. The molecule has 1 aliphatic carbocycles. The van der Waals surface area contributed by atoms with Gasteiger partial charge in [0.15, 0.2) is 0 Å². The van der Waals surface area contributed by atoms with Crippen molar-refractivity contribution < 1.29 is 51.0 Å². The smallest absolute Gasteiger partial charge is 1.00 e. The Morgan fingerprint density at radius 2 is 1.55 bits per heavy atom. The summed E-state index contributed by atoms with van der Waals surface area (Å²) in [4.78, 5) is 0. The fourth-order valence-electron chi connectivity index (χ4n) is 4.48. The average Bonchev–Trinajstić information content (AvgIpc) is 3.32. The Kier molecular flexibility index (Phi) is 8.78. The van der Waals surface area contributed by atoms with E-state index in [0.717, 1.165) is 0 Å². The van der Waals surface area contributed by atoms with Crippen LogP contribution in [0.4, 0.5) is 0 Å². The monoisotopic (exact) mass is 519 g/mol. The van der Waals surface area contributed by atoms with Gasteiger partial charge in [0.2, 0.25) is 0 Å². The molecule has 0 aliphatic heterocycles. The molecule has 4 aromatic carbocycles. The van der Waals surface area contributed by atoms with E-state index >= 15 is 0 Å². The minimum Gasteiger partial charge on any atom is -1.00 e. The van der Waals surface area contributed by atoms with Crippen LogP contribution in [0.3, 0.4) is 0 Å². The maximum atomic E-state index is 2.35. The van der Waals surface area contributed by atoms with Crippen molar-refractivity contribution in [3.05, 3.63) is 113 Å². The maximum absolute atomic E-state index is 2.35. The van der Waals surface area contributed by atoms with Crippen molar-refractivity contribution in [2.45, 2.75) is 19.8 Å². The van der Waals surface area contributed by atoms with Crippen LogP contribution >= 0.6 is 0 Å². The fraction of sp³-hybridized carbons (Fsp3) is 0.107. The molecule has 1 aliphatic rings. The van der Waals surface area contributed by atoms with E-state index < -0.39 is 0 Å². The van der Waals surface area contributed by atoms with Crippen LogP contribution in [0.2, 0.25) is 0 Å². The second-order valence-corrected chi connectivity index (χ2v) is 7.83. The van der Waals surface area contributed by atoms with E-state index in [1.165, 1.54) is 49.4 Å². The van der Waals surface area contributed by atoms with Crippen molar-refractivity contribution in [2.75, 3.05) is 0 Å². The number of benzene rings is 3. The fourth-order valence-corrected chi connectivity index (χ4v) is 4.48. The number of halogens is 2. The number of rotatable bonds is 3. The van der Waals surface area contributed by atoms with Gasteiger partial charge in [-0.1, -0.05) is 96.1 Å². The van der Waals surface area contributed by atoms with Gasteiger partial charge in [-0.3, -0.25) is 0 Å². The summed E-state index contributed by atoms with van der Waals surface area (Å²) in [5.74, 6) is 0.284. The molecule has 0 spiro atoms. The van der Waals surface area contributed by atoms with E-state index in [1.54, 1.807) is 0 Å². The van der Waals surface area contributed by atoms with Crippen LogP contribution in [0.25, 0.3) is 33.2 Å². The molecule has 0 N–H and O–H groups in total. The standard InChI is InChI=1S/C28H23.2ClH.Zr/c1-19(2)17-20-9-3-5-11-22(20)24-13-7-15-26(24)27-16-8-14-25-23-12-6-4-10-21(23)18-28(25)27;;;/h3-18,26H,1-2H3;2*1H;/q-1;;;+3/p-2. The predicted molar refractivity (Wildman–Crippen MR) is 123 cm³/mol. The quantitative estimate of drug-likeness (QED) is 0.362. The third-order valence-electron chi connectivity index (χ3n) is 5.66. The Balaban J connectivity index is 0.00000114. The van der Waals surface area contributed by atoms with E-state index in [9.17, 15) is 0 Å². The number of hydrogen-bond donors (Lipinski definition) is 0. The molecule has 31 heavy (non-hydrogen) atoms. The summed E-state index contributed by atoms with van der Waals surface area (Å²) >= 11 is 0. The molecule has 0 bridgehead atoms. The first kappa shape index (κ1) is 25.5. The molecule has 1 atom stereocenters. The number of allylic oxidation sites excluding steroid dienone is 5. The van der Waals surface area contributed by atoms with Gasteiger partial charge in [0.05, 0.1) is 0 Å². The Labute approximate surface area is 216 Å². The summed E-state index contributed by atoms with van der Waals surface area (Å²) in [5, 5.41) is 5.38. The van der Waals surface area contributed by atoms with Gasteiger partial charge in [-0.25, -0.2) is 0 Å². The van der Waals surface area contributed by atoms with Gasteiger partial charge in [0, 0.05) is 5.92 Å². The maximum Gasteiger partial charge on any atom is 3.00 e. The summed E-state index contributed by atoms with van der Waals surface area (Å²) in [6.07, 6.45) is 9.11. The van der Waals surface area contributed by atoms with Crippen LogP contribution in [-0.2, 0) is 26.2 Å². The zero-order valence-electron chi connectivity index (χ0n) is 17.6. The van der Waals surface area contributed by atoms with Crippen LogP contribution in [0, 0.1) is 0 Å². The SMILES string of the molecule is CC(C)=Cc1ccccc1C1=CC=CC1c1cccc2c1[cH-]c1ccccc12.[Cl-].[Cl-].[Zr+3]. The summed E-state index contributed by atoms with van der Waals surface area (Å²) < 4.78 is 0. The van der Waals surface area contributed by atoms with E-state index in [2.05, 4.69) is 111 Å². The first-order valence-electron chi connectivity index (χ1n) is 9.92. The van der Waals surface area contributed by atoms with Crippen LogP contribution in [-0.4, -0.2) is 0 Å². The van der Waals surface area contributed by atoms with Gasteiger partial charge in [-0.2, -0.15) is 0 Å². The number of hydrogen-bond acceptors (Lipinski definition) is 0. The Morgan fingerprint density at radius 3 is 2.35 bits per heavy atom. The van der Waals surface area contributed by atoms with E-state index in [-0.39, 0.29) is 56.9 Å². The van der Waals surface area contributed by atoms with Gasteiger partial charge >= 0.3 is 26.2 Å². The van der Waals surface area contributed by atoms with Gasteiger partial charge in [0.1, 0.15) is 0 Å². The zero-order valence-corrected chi connectivity index (χ0v) is 21.5. The van der Waals surface area contributed by atoms with Crippen molar-refractivity contribution in [3.63, 3.8) is 0 Å². The van der Waals surface area contributed by atoms with Gasteiger partial charge in [0.25, 0.3) is 0 Å². The summed E-state index contributed by atoms with van der Waals surface area (Å²) in [5.41, 5.74) is 6.71. The molecule has 5 rings (SSSR count). The molecule has 3 heteroatoms. The Bertz CT molecular complexity index is 1290. The minimum absolute atomic E-state index is 0. The molecular weight excluding hydrogens is 498 g/mol. The summed E-state index contributed by atoms with van der Waals surface area (Å²) in [6, 6.07) is 26.5. The van der Waals surface area contributed by atoms with Crippen LogP contribution in [0.5, 0.6) is 0 Å². The molecule has 4 aromatic rings. The van der Waals surface area contributed by atoms with E-state index in [0.29, 0.717) is 0 Å². The topological polar surface area (TPSA) is 0 Å². The molecule has 0 nitrogen and oxygen atoms in total. The van der Waals surface area contributed by atoms with E-state index in [4.69, 9.17) is 0 Å². The molecule has 1 radical (unpaired) electrons. The zero-order chi connectivity index (χ0) is 19.1. The van der Waals surface area contributed by atoms with Crippen LogP contribution in [0.1, 0.15) is 36.5 Å². The van der Waals surface area contributed by atoms with Crippen molar-refractivity contribution in [1.82, 2.24) is 0 Å². The second kappa shape index (κ2) is 10.7. The van der Waals surface area contributed by atoms with Crippen LogP contribution < -0.4 is 24.8 Å². The minimum atomic E-state index is 0. The van der Waals surface area contributed by atoms with Gasteiger partial charge in [-0.05, 0) is 30.5 Å². The van der Waals surface area contributed by atoms with Crippen molar-refractivity contribution in [2.24, 2.45) is 0 Å². The molecule has 0 amide bonds. The normalized spacial score (nSPS) is 14.4. The molecule has 0 saturated carbocycles. The van der Waals surface area contributed by atoms with Crippen molar-refractivity contribution >= 4 is 33.2 Å². The molecule has 153 valence electrons. The molecule has 1 unspecified atom stereocenters. The first-order valence-corrected chi connectivity index (χ1v) is 9.92. The predicted octanol–water partition coefficient (Wildman–Crippen LogP) is 1.88. The third kappa shape index (κ3) is 4.70. The Hall–Kier alpha value is -1.79. The molecule has 0 fully saturated rings. The van der Waals surface area contributed by atoms with Gasteiger partial charge in [-0.15, -0.1) is 33.7 Å². The molecule has 0 saturated heterocycles. The molecule has 0 aromatic heterocycles. The van der Waals surface area contributed by atoms with E-state index in [1.807, 2.05) is 0 Å². The number of fused-ring (bicyclic) bond motifs is 3. The summed E-state index contributed by atoms with van der Waals surface area (Å²) in [6.45, 7) is 4.32. The first-order chi connectivity index (χ1) is 13.7. The third-order valence-corrected chi connectivity index (χ3v) is 5.66. The molecule has 0 heterocycles. The van der Waals surface area contributed by atoms with Crippen molar-refractivity contribution in [1.29, 1.82) is 0 Å². The van der Waals surface area contributed by atoms with Crippen LogP contribution in [0.15, 0.2) is 96.6 Å².